The molecule has 8 nitrogen and oxygen atoms in total. The number of methoxy groups -OCH3 is 3. The van der Waals surface area contributed by atoms with Crippen molar-refractivity contribution in [2.75, 3.05) is 27.1 Å². The number of nitrogens with zero attached hydrogens (tertiary/aromatic N) is 2. The first kappa shape index (κ1) is 19.6. The predicted molar refractivity (Wildman–Crippen MR) is 107 cm³/mol. The molecule has 1 N–H and O–H groups in total. The van der Waals surface area contributed by atoms with Gasteiger partial charge < -0.3 is 18.6 Å². The molecule has 1 amide bonds. The number of aromatic nitrogens is 1. The molecule has 28 heavy (non-hydrogen) atoms. The smallest absolute Gasteiger partial charge is 0.257 e. The maximum atomic E-state index is 12.0. The molecule has 0 unspecified atom stereocenters. The number of nitrogens with one attached hydrogen (secondary N) is 1. The molecule has 1 aromatic heterocycles. The van der Waals surface area contributed by atoms with Gasteiger partial charge in [-0.3, -0.25) is 4.79 Å². The molecule has 0 aliphatic heterocycles. The first-order valence-electron chi connectivity index (χ1n) is 8.25. The Morgan fingerprint density at radius 1 is 1.18 bits per heavy atom. The van der Waals surface area contributed by atoms with Crippen molar-refractivity contribution in [2.45, 2.75) is 5.22 Å². The Kier molecular flexibility index (Phi) is 6.38. The quantitative estimate of drug-likeness (QED) is 0.352. The van der Waals surface area contributed by atoms with Gasteiger partial charge in [0.2, 0.25) is 0 Å². The van der Waals surface area contributed by atoms with E-state index in [9.17, 15) is 4.79 Å². The van der Waals surface area contributed by atoms with Gasteiger partial charge in [0.15, 0.2) is 5.58 Å². The summed E-state index contributed by atoms with van der Waals surface area (Å²) in [6.45, 7) is 0. The van der Waals surface area contributed by atoms with E-state index in [1.165, 1.54) is 32.2 Å². The number of rotatable bonds is 8. The zero-order chi connectivity index (χ0) is 19.9. The summed E-state index contributed by atoms with van der Waals surface area (Å²) in [6, 6.07) is 10.8. The Hall–Kier alpha value is -3.20. The number of fused-ring (bicyclic) bond motifs is 1. The van der Waals surface area contributed by atoms with Crippen LogP contribution in [0.5, 0.6) is 17.2 Å². The molecule has 0 atom stereocenters. The van der Waals surface area contributed by atoms with Gasteiger partial charge in [-0.2, -0.15) is 5.10 Å². The van der Waals surface area contributed by atoms with E-state index in [1.807, 2.05) is 24.3 Å². The van der Waals surface area contributed by atoms with Gasteiger partial charge in [-0.25, -0.2) is 10.4 Å². The molecule has 0 bridgehead atoms. The molecule has 2 aromatic carbocycles. The molecule has 9 heteroatoms. The molecule has 0 saturated carbocycles. The lowest BCUT2D eigenvalue weighted by atomic mass is 10.2. The minimum atomic E-state index is -0.296. The maximum absolute atomic E-state index is 12.0. The second-order valence-electron chi connectivity index (χ2n) is 5.47. The number of benzene rings is 2. The average Bonchev–Trinajstić information content (AvgIpc) is 3.15. The van der Waals surface area contributed by atoms with Crippen LogP contribution in [-0.2, 0) is 4.79 Å². The number of carbonyl (C=O) groups is 1. The van der Waals surface area contributed by atoms with Crippen LogP contribution in [0.1, 0.15) is 5.56 Å². The van der Waals surface area contributed by atoms with Crippen molar-refractivity contribution in [3.63, 3.8) is 0 Å². The molecular formula is C19H19N3O5S. The molecule has 0 fully saturated rings. The first-order chi connectivity index (χ1) is 13.6. The lowest BCUT2D eigenvalue weighted by Crippen LogP contribution is -2.19. The van der Waals surface area contributed by atoms with Gasteiger partial charge in [0, 0.05) is 12.1 Å². The fourth-order valence-corrected chi connectivity index (χ4v) is 3.03. The van der Waals surface area contributed by atoms with Crippen LogP contribution in [-0.4, -0.2) is 44.2 Å². The van der Waals surface area contributed by atoms with Gasteiger partial charge in [-0.1, -0.05) is 23.9 Å². The molecule has 0 spiro atoms. The Labute approximate surface area is 165 Å². The Morgan fingerprint density at radius 3 is 2.54 bits per heavy atom. The highest BCUT2D eigenvalue weighted by molar-refractivity contribution is 7.99. The molecule has 0 saturated heterocycles. The molecule has 3 rings (SSSR count). The standard InChI is InChI=1S/C19H19N3O5S/c1-24-12-8-16(25-2)13(17(9-12)26-3)10-20-22-18(23)11-28-19-21-14-6-4-5-7-15(14)27-19/h4-10H,11H2,1-3H3,(H,22,23). The Morgan fingerprint density at radius 2 is 1.89 bits per heavy atom. The van der Waals surface area contributed by atoms with Crippen LogP contribution in [0, 0.1) is 0 Å². The minimum Gasteiger partial charge on any atom is -0.496 e. The van der Waals surface area contributed by atoms with E-state index in [0.29, 0.717) is 33.6 Å². The van der Waals surface area contributed by atoms with E-state index >= 15 is 0 Å². The number of para-hydroxylation sites is 2. The summed E-state index contributed by atoms with van der Waals surface area (Å²) in [5, 5.41) is 4.41. The topological polar surface area (TPSA) is 95.2 Å². The number of hydrogen-bond donors (Lipinski definition) is 1. The summed E-state index contributed by atoms with van der Waals surface area (Å²) < 4.78 is 21.4. The average molecular weight is 401 g/mol. The summed E-state index contributed by atoms with van der Waals surface area (Å²) in [5.41, 5.74) is 4.48. The minimum absolute atomic E-state index is 0.112. The van der Waals surface area contributed by atoms with Gasteiger partial charge in [0.05, 0.1) is 38.9 Å². The fraction of sp³-hybridized carbons (Fsp3) is 0.211. The highest BCUT2D eigenvalue weighted by atomic mass is 32.2. The molecular weight excluding hydrogens is 382 g/mol. The number of thioether (sulfide) groups is 1. The van der Waals surface area contributed by atoms with Gasteiger partial charge in [0.1, 0.15) is 22.8 Å². The van der Waals surface area contributed by atoms with E-state index in [-0.39, 0.29) is 11.7 Å². The van der Waals surface area contributed by atoms with Crippen LogP contribution in [0.15, 0.2) is 51.1 Å². The number of carbonyl (C=O) groups excluding carboxylic acids is 1. The van der Waals surface area contributed by atoms with Crippen LogP contribution in [0.25, 0.3) is 11.1 Å². The lowest BCUT2D eigenvalue weighted by molar-refractivity contribution is -0.118. The second kappa shape index (κ2) is 9.14. The van der Waals surface area contributed by atoms with Gasteiger partial charge in [-0.15, -0.1) is 0 Å². The summed E-state index contributed by atoms with van der Waals surface area (Å²) in [6.07, 6.45) is 1.46. The van der Waals surface area contributed by atoms with Gasteiger partial charge in [0.25, 0.3) is 11.1 Å². The van der Waals surface area contributed by atoms with Crippen molar-refractivity contribution in [3.05, 3.63) is 42.0 Å². The van der Waals surface area contributed by atoms with Crippen LogP contribution >= 0.6 is 11.8 Å². The van der Waals surface area contributed by atoms with Crippen LogP contribution in [0.4, 0.5) is 0 Å². The van der Waals surface area contributed by atoms with Gasteiger partial charge in [-0.05, 0) is 12.1 Å². The van der Waals surface area contributed by atoms with Crippen molar-refractivity contribution < 1.29 is 23.4 Å². The summed E-state index contributed by atoms with van der Waals surface area (Å²) in [5.74, 6) is 1.42. The highest BCUT2D eigenvalue weighted by Gasteiger charge is 2.12. The van der Waals surface area contributed by atoms with E-state index < -0.39 is 0 Å². The third-order valence-corrected chi connectivity index (χ3v) is 4.57. The summed E-state index contributed by atoms with van der Waals surface area (Å²) in [4.78, 5) is 16.3. The number of amides is 1. The maximum Gasteiger partial charge on any atom is 0.257 e. The molecule has 146 valence electrons. The molecule has 0 radical (unpaired) electrons. The largest absolute Gasteiger partial charge is 0.496 e. The van der Waals surface area contributed by atoms with Crippen LogP contribution in [0.3, 0.4) is 0 Å². The summed E-state index contributed by atoms with van der Waals surface area (Å²) in [7, 11) is 4.61. The van der Waals surface area contributed by atoms with Gasteiger partial charge >= 0.3 is 0 Å². The van der Waals surface area contributed by atoms with E-state index in [0.717, 1.165) is 5.52 Å². The molecule has 3 aromatic rings. The van der Waals surface area contributed by atoms with Crippen molar-refractivity contribution in [2.24, 2.45) is 5.10 Å². The van der Waals surface area contributed by atoms with E-state index in [4.69, 9.17) is 18.6 Å². The number of oxazole rings is 1. The monoisotopic (exact) mass is 401 g/mol. The third-order valence-electron chi connectivity index (χ3n) is 3.74. The second-order valence-corrected chi connectivity index (χ2v) is 6.40. The zero-order valence-corrected chi connectivity index (χ0v) is 16.4. The van der Waals surface area contributed by atoms with Crippen molar-refractivity contribution in [3.8, 4) is 17.2 Å². The Balaban J connectivity index is 1.61. The third kappa shape index (κ3) is 4.55. The zero-order valence-electron chi connectivity index (χ0n) is 15.6. The van der Waals surface area contributed by atoms with Crippen LogP contribution in [0.2, 0.25) is 0 Å². The van der Waals surface area contributed by atoms with E-state index in [1.54, 1.807) is 19.2 Å². The van der Waals surface area contributed by atoms with Crippen molar-refractivity contribution in [1.29, 1.82) is 0 Å². The van der Waals surface area contributed by atoms with Crippen molar-refractivity contribution >= 4 is 35.0 Å². The number of hydrazone groups is 1. The Bertz CT molecular complexity index is 944. The highest BCUT2D eigenvalue weighted by Crippen LogP contribution is 2.32. The molecule has 0 aliphatic carbocycles. The molecule has 1 heterocycles. The predicted octanol–water partition coefficient (Wildman–Crippen LogP) is 3.10. The number of ether oxygens (including phenoxy) is 3. The lowest BCUT2D eigenvalue weighted by Gasteiger charge is -2.12. The fourth-order valence-electron chi connectivity index (χ4n) is 2.40. The first-order valence-corrected chi connectivity index (χ1v) is 9.23. The normalized spacial score (nSPS) is 11.0. The SMILES string of the molecule is COc1cc(OC)c(C=NNC(=O)CSc2nc3ccccc3o2)c(OC)c1. The van der Waals surface area contributed by atoms with Crippen molar-refractivity contribution in [1.82, 2.24) is 10.4 Å². The van der Waals surface area contributed by atoms with E-state index in [2.05, 4.69) is 15.5 Å². The summed E-state index contributed by atoms with van der Waals surface area (Å²) >= 11 is 1.19. The van der Waals surface area contributed by atoms with Crippen LogP contribution < -0.4 is 19.6 Å². The number of hydrogen-bond acceptors (Lipinski definition) is 8. The molecule has 0 aliphatic rings.